The number of hydrogen-bond acceptors (Lipinski definition) is 4. The molecule has 2 rings (SSSR count). The van der Waals surface area contributed by atoms with Crippen molar-refractivity contribution in [1.29, 1.82) is 0 Å². The van der Waals surface area contributed by atoms with E-state index in [0.717, 1.165) is 23.4 Å². The Balaban J connectivity index is 2.08. The van der Waals surface area contributed by atoms with E-state index >= 15 is 0 Å². The number of aryl methyl sites for hydroxylation is 3. The highest BCUT2D eigenvalue weighted by Gasteiger charge is 2.10. The summed E-state index contributed by atoms with van der Waals surface area (Å²) >= 11 is 0. The van der Waals surface area contributed by atoms with Gasteiger partial charge in [0.25, 0.3) is 5.91 Å². The summed E-state index contributed by atoms with van der Waals surface area (Å²) in [4.78, 5) is 16.2. The lowest BCUT2D eigenvalue weighted by atomic mass is 10.2. The van der Waals surface area contributed by atoms with Gasteiger partial charge in [-0.1, -0.05) is 6.92 Å². The quantitative estimate of drug-likeness (QED) is 0.876. The number of anilines is 1. The van der Waals surface area contributed by atoms with Crippen molar-refractivity contribution in [1.82, 2.24) is 20.1 Å². The van der Waals surface area contributed by atoms with Crippen LogP contribution in [0.1, 0.15) is 34.2 Å². The van der Waals surface area contributed by atoms with Crippen LogP contribution >= 0.6 is 0 Å². The monoisotopic (exact) mass is 273 g/mol. The fourth-order valence-corrected chi connectivity index (χ4v) is 2.13. The molecule has 6 heteroatoms. The Morgan fingerprint density at radius 1 is 1.45 bits per heavy atom. The van der Waals surface area contributed by atoms with Crippen molar-refractivity contribution in [3.63, 3.8) is 0 Å². The summed E-state index contributed by atoms with van der Waals surface area (Å²) < 4.78 is 1.76. The number of aromatic nitrogens is 3. The van der Waals surface area contributed by atoms with E-state index in [1.54, 1.807) is 16.8 Å². The average Bonchev–Trinajstić information content (AvgIpc) is 2.75. The molecule has 0 radical (unpaired) electrons. The van der Waals surface area contributed by atoms with E-state index in [9.17, 15) is 4.79 Å². The van der Waals surface area contributed by atoms with Crippen molar-refractivity contribution < 1.29 is 4.79 Å². The van der Waals surface area contributed by atoms with Gasteiger partial charge >= 0.3 is 0 Å². The molecule has 0 unspecified atom stereocenters. The number of nitrogens with two attached hydrogens (primary N) is 1. The predicted molar refractivity (Wildman–Crippen MR) is 77.1 cm³/mol. The van der Waals surface area contributed by atoms with Crippen LogP contribution in [-0.4, -0.2) is 20.7 Å². The number of nitrogen functional groups attached to an aromatic ring is 1. The van der Waals surface area contributed by atoms with Crippen molar-refractivity contribution in [2.24, 2.45) is 7.05 Å². The maximum atomic E-state index is 12.1. The summed E-state index contributed by atoms with van der Waals surface area (Å²) in [6.45, 7) is 4.31. The number of amides is 1. The van der Waals surface area contributed by atoms with Crippen LogP contribution < -0.4 is 11.1 Å². The van der Waals surface area contributed by atoms with E-state index in [4.69, 9.17) is 5.73 Å². The Bertz CT molecular complexity index is 612. The minimum atomic E-state index is -0.159. The molecular formula is C14H19N5O. The first-order chi connectivity index (χ1) is 9.49. The van der Waals surface area contributed by atoms with Gasteiger partial charge in [-0.15, -0.1) is 0 Å². The summed E-state index contributed by atoms with van der Waals surface area (Å²) in [7, 11) is 1.87. The molecule has 106 valence electrons. The lowest BCUT2D eigenvalue weighted by Crippen LogP contribution is -2.23. The zero-order valence-corrected chi connectivity index (χ0v) is 12.0. The topological polar surface area (TPSA) is 85.8 Å². The first kappa shape index (κ1) is 14.0. The molecule has 0 aromatic carbocycles. The molecule has 0 aliphatic carbocycles. The van der Waals surface area contributed by atoms with Gasteiger partial charge in [0.05, 0.1) is 5.69 Å². The van der Waals surface area contributed by atoms with Crippen molar-refractivity contribution in [3.05, 3.63) is 40.8 Å². The van der Waals surface area contributed by atoms with Crippen molar-refractivity contribution >= 4 is 11.7 Å². The second-order valence-electron chi connectivity index (χ2n) is 4.73. The molecule has 6 nitrogen and oxygen atoms in total. The van der Waals surface area contributed by atoms with Crippen LogP contribution in [0.5, 0.6) is 0 Å². The van der Waals surface area contributed by atoms with Crippen LogP contribution in [0, 0.1) is 6.92 Å². The molecule has 0 aliphatic heterocycles. The van der Waals surface area contributed by atoms with Crippen LogP contribution in [0.25, 0.3) is 0 Å². The van der Waals surface area contributed by atoms with E-state index in [1.165, 1.54) is 0 Å². The summed E-state index contributed by atoms with van der Waals surface area (Å²) in [6, 6.07) is 3.29. The lowest BCUT2D eigenvalue weighted by Gasteiger charge is -2.06. The number of nitrogens with zero attached hydrogens (tertiary/aromatic N) is 3. The first-order valence-corrected chi connectivity index (χ1v) is 6.53. The number of nitrogens with one attached hydrogen (secondary N) is 1. The largest absolute Gasteiger partial charge is 0.384 e. The van der Waals surface area contributed by atoms with Gasteiger partial charge < -0.3 is 11.1 Å². The molecule has 2 aromatic heterocycles. The molecule has 0 fully saturated rings. The maximum Gasteiger partial charge on any atom is 0.251 e. The zero-order valence-electron chi connectivity index (χ0n) is 12.0. The Hall–Kier alpha value is -2.37. The smallest absolute Gasteiger partial charge is 0.251 e. The van der Waals surface area contributed by atoms with Gasteiger partial charge in [0.2, 0.25) is 0 Å². The zero-order chi connectivity index (χ0) is 14.7. The molecule has 0 spiro atoms. The van der Waals surface area contributed by atoms with E-state index in [-0.39, 0.29) is 5.91 Å². The van der Waals surface area contributed by atoms with Gasteiger partial charge in [0, 0.05) is 36.6 Å². The minimum Gasteiger partial charge on any atom is -0.384 e. The van der Waals surface area contributed by atoms with Gasteiger partial charge in [0.1, 0.15) is 5.82 Å². The molecule has 2 aromatic rings. The normalized spacial score (nSPS) is 10.6. The summed E-state index contributed by atoms with van der Waals surface area (Å²) in [5, 5.41) is 7.23. The van der Waals surface area contributed by atoms with Gasteiger partial charge in [-0.2, -0.15) is 5.10 Å². The molecule has 1 amide bonds. The van der Waals surface area contributed by atoms with E-state index in [2.05, 4.69) is 15.4 Å². The number of pyridine rings is 1. The molecule has 0 saturated heterocycles. The number of rotatable bonds is 4. The van der Waals surface area contributed by atoms with Crippen LogP contribution in [0.15, 0.2) is 18.3 Å². The molecule has 3 N–H and O–H groups in total. The van der Waals surface area contributed by atoms with Crippen molar-refractivity contribution in [2.75, 3.05) is 5.73 Å². The third kappa shape index (κ3) is 3.14. The minimum absolute atomic E-state index is 0.159. The Morgan fingerprint density at radius 3 is 2.85 bits per heavy atom. The first-order valence-electron chi connectivity index (χ1n) is 6.53. The van der Waals surface area contributed by atoms with Gasteiger partial charge in [-0.25, -0.2) is 4.98 Å². The highest BCUT2D eigenvalue weighted by molar-refractivity contribution is 5.94. The van der Waals surface area contributed by atoms with Crippen LogP contribution in [0.2, 0.25) is 0 Å². The SMILES string of the molecule is CCc1nn(C)cc1CNC(=O)c1cc(C)nc(N)c1. The summed E-state index contributed by atoms with van der Waals surface area (Å²) in [5.74, 6) is 0.193. The molecule has 0 atom stereocenters. The molecule has 0 aliphatic rings. The van der Waals surface area contributed by atoms with Gasteiger partial charge in [-0.05, 0) is 25.5 Å². The van der Waals surface area contributed by atoms with Crippen molar-refractivity contribution in [3.8, 4) is 0 Å². The van der Waals surface area contributed by atoms with E-state index in [1.807, 2.05) is 27.1 Å². The summed E-state index contributed by atoms with van der Waals surface area (Å²) in [6.07, 6.45) is 2.76. The molecule has 2 heterocycles. The third-order valence-corrected chi connectivity index (χ3v) is 3.00. The molecule has 0 bridgehead atoms. The second-order valence-corrected chi connectivity index (χ2v) is 4.73. The van der Waals surface area contributed by atoms with Gasteiger partial charge in [-0.3, -0.25) is 9.48 Å². The van der Waals surface area contributed by atoms with E-state index < -0.39 is 0 Å². The van der Waals surface area contributed by atoms with Crippen LogP contribution in [0.4, 0.5) is 5.82 Å². The molecule has 20 heavy (non-hydrogen) atoms. The Kier molecular flexibility index (Phi) is 4.02. The number of carbonyl (C=O) groups excluding carboxylic acids is 1. The Morgan fingerprint density at radius 2 is 2.20 bits per heavy atom. The highest BCUT2D eigenvalue weighted by atomic mass is 16.1. The molecular weight excluding hydrogens is 254 g/mol. The van der Waals surface area contributed by atoms with Crippen LogP contribution in [-0.2, 0) is 20.0 Å². The predicted octanol–water partition coefficient (Wildman–Crippen LogP) is 1.20. The van der Waals surface area contributed by atoms with Crippen molar-refractivity contribution in [2.45, 2.75) is 26.8 Å². The van der Waals surface area contributed by atoms with E-state index in [0.29, 0.717) is 17.9 Å². The third-order valence-electron chi connectivity index (χ3n) is 3.00. The Labute approximate surface area is 118 Å². The standard InChI is InChI=1S/C14H19N5O/c1-4-12-11(8-19(3)18-12)7-16-14(20)10-5-9(2)17-13(15)6-10/h5-6,8H,4,7H2,1-3H3,(H2,15,17)(H,16,20). The second kappa shape index (κ2) is 5.73. The fraction of sp³-hybridized carbons (Fsp3) is 0.357. The van der Waals surface area contributed by atoms with Crippen LogP contribution in [0.3, 0.4) is 0 Å². The van der Waals surface area contributed by atoms with Gasteiger partial charge in [0.15, 0.2) is 0 Å². The summed E-state index contributed by atoms with van der Waals surface area (Å²) in [5.41, 5.74) is 8.93. The average molecular weight is 273 g/mol. The maximum absolute atomic E-state index is 12.1. The highest BCUT2D eigenvalue weighted by Crippen LogP contribution is 2.09. The number of hydrogen-bond donors (Lipinski definition) is 2. The number of carbonyl (C=O) groups is 1. The lowest BCUT2D eigenvalue weighted by molar-refractivity contribution is 0.0950. The molecule has 0 saturated carbocycles. The fourth-order valence-electron chi connectivity index (χ4n) is 2.13.